The zero-order valence-corrected chi connectivity index (χ0v) is 14.0. The Balaban J connectivity index is 1.68. The van der Waals surface area contributed by atoms with E-state index in [2.05, 4.69) is 21.2 Å². The molecule has 0 atom stereocenters. The number of nitrogens with zero attached hydrogens (tertiary/aromatic N) is 2. The minimum Gasteiger partial charge on any atom is -0.495 e. The fourth-order valence-electron chi connectivity index (χ4n) is 2.83. The molecule has 1 heterocycles. The van der Waals surface area contributed by atoms with Crippen molar-refractivity contribution in [3.05, 3.63) is 24.3 Å². The van der Waals surface area contributed by atoms with Crippen LogP contribution in [0.25, 0.3) is 0 Å². The number of hydrogen-bond acceptors (Lipinski definition) is 5. The molecule has 132 valence electrons. The van der Waals surface area contributed by atoms with Gasteiger partial charge in [-0.3, -0.25) is 14.5 Å². The van der Waals surface area contributed by atoms with Crippen molar-refractivity contribution in [2.24, 2.45) is 0 Å². The average molecular weight is 335 g/mol. The van der Waals surface area contributed by atoms with Crippen molar-refractivity contribution in [1.82, 2.24) is 10.2 Å². The molecule has 0 saturated carbocycles. The highest BCUT2D eigenvalue weighted by Crippen LogP contribution is 2.28. The van der Waals surface area contributed by atoms with Gasteiger partial charge in [-0.05, 0) is 25.1 Å². The molecule has 1 aromatic rings. The predicted octanol–water partition coefficient (Wildman–Crippen LogP) is 0.798. The van der Waals surface area contributed by atoms with Gasteiger partial charge in [0.05, 0.1) is 12.8 Å². The normalized spacial score (nSPS) is 15.1. The number of aliphatic carboxylic acids is 1. The van der Waals surface area contributed by atoms with Crippen LogP contribution < -0.4 is 15.0 Å². The van der Waals surface area contributed by atoms with E-state index in [1.54, 1.807) is 7.11 Å². The Hall–Kier alpha value is -2.28. The number of rotatable bonds is 8. The second kappa shape index (κ2) is 9.12. The monoisotopic (exact) mass is 335 g/mol. The summed E-state index contributed by atoms with van der Waals surface area (Å²) in [5.74, 6) is -0.629. The van der Waals surface area contributed by atoms with Gasteiger partial charge in [-0.25, -0.2) is 0 Å². The highest BCUT2D eigenvalue weighted by molar-refractivity contribution is 5.93. The van der Waals surface area contributed by atoms with Crippen molar-refractivity contribution < 1.29 is 19.4 Å². The molecule has 1 amide bonds. The largest absolute Gasteiger partial charge is 0.495 e. The third kappa shape index (κ3) is 5.42. The molecule has 0 aromatic heterocycles. The maximum Gasteiger partial charge on any atom is 0.312 e. The van der Waals surface area contributed by atoms with E-state index in [0.29, 0.717) is 6.54 Å². The maximum atomic E-state index is 11.2. The second-order valence-corrected chi connectivity index (χ2v) is 5.77. The van der Waals surface area contributed by atoms with Crippen LogP contribution in [-0.4, -0.2) is 68.3 Å². The van der Waals surface area contributed by atoms with Crippen molar-refractivity contribution in [3.8, 4) is 5.75 Å². The molecule has 1 aliphatic rings. The number of ether oxygens (including phenoxy) is 1. The first-order valence-electron chi connectivity index (χ1n) is 8.19. The van der Waals surface area contributed by atoms with Crippen molar-refractivity contribution >= 4 is 17.6 Å². The highest BCUT2D eigenvalue weighted by atomic mass is 16.5. The topological polar surface area (TPSA) is 82.1 Å². The molecule has 7 nitrogen and oxygen atoms in total. The van der Waals surface area contributed by atoms with Crippen LogP contribution in [0.1, 0.15) is 12.8 Å². The Morgan fingerprint density at radius 3 is 2.58 bits per heavy atom. The van der Waals surface area contributed by atoms with Crippen molar-refractivity contribution in [2.75, 3.05) is 51.3 Å². The molecular formula is C17H25N3O4. The Kier molecular flexibility index (Phi) is 6.87. The van der Waals surface area contributed by atoms with E-state index in [0.717, 1.165) is 50.6 Å². The van der Waals surface area contributed by atoms with Gasteiger partial charge >= 0.3 is 5.97 Å². The lowest BCUT2D eigenvalue weighted by Gasteiger charge is -2.36. The van der Waals surface area contributed by atoms with E-state index < -0.39 is 18.3 Å². The number of amides is 1. The summed E-state index contributed by atoms with van der Waals surface area (Å²) in [6, 6.07) is 8.04. The van der Waals surface area contributed by atoms with Crippen LogP contribution in [0.2, 0.25) is 0 Å². The van der Waals surface area contributed by atoms with Gasteiger partial charge in [0.1, 0.15) is 12.2 Å². The number of carboxylic acid groups (broad SMARTS) is 1. The number of carbonyl (C=O) groups excluding carboxylic acids is 1. The Labute approximate surface area is 142 Å². The summed E-state index contributed by atoms with van der Waals surface area (Å²) in [5, 5.41) is 11.1. The molecule has 1 aliphatic heterocycles. The number of methoxy groups -OCH3 is 1. The number of carboxylic acids is 1. The Bertz CT molecular complexity index is 557. The zero-order chi connectivity index (χ0) is 17.4. The smallest absolute Gasteiger partial charge is 0.312 e. The molecule has 0 aliphatic carbocycles. The van der Waals surface area contributed by atoms with E-state index in [9.17, 15) is 9.59 Å². The maximum absolute atomic E-state index is 11.2. The van der Waals surface area contributed by atoms with E-state index in [4.69, 9.17) is 9.84 Å². The minimum absolute atomic E-state index is 0.427. The molecule has 0 bridgehead atoms. The predicted molar refractivity (Wildman–Crippen MR) is 91.5 cm³/mol. The van der Waals surface area contributed by atoms with Gasteiger partial charge in [0.15, 0.2) is 0 Å². The van der Waals surface area contributed by atoms with Gasteiger partial charge in [0, 0.05) is 32.7 Å². The molecule has 1 fully saturated rings. The van der Waals surface area contributed by atoms with Crippen LogP contribution in [0.4, 0.5) is 5.69 Å². The first kappa shape index (κ1) is 18.1. The van der Waals surface area contributed by atoms with Crippen LogP contribution >= 0.6 is 0 Å². The summed E-state index contributed by atoms with van der Waals surface area (Å²) >= 11 is 0. The second-order valence-electron chi connectivity index (χ2n) is 5.77. The number of hydrogen-bond donors (Lipinski definition) is 2. The standard InChI is InChI=1S/C17H25N3O4/c1-24-15-6-3-2-5-14(15)20-11-9-19(10-12-20)8-4-7-18-16(21)13-17(22)23/h2-3,5-6H,4,7-13H2,1H3,(H,18,21)(H,22,23). The number of nitrogens with one attached hydrogen (secondary N) is 1. The summed E-state index contributed by atoms with van der Waals surface area (Å²) < 4.78 is 5.42. The van der Waals surface area contributed by atoms with Crippen molar-refractivity contribution in [2.45, 2.75) is 12.8 Å². The fraction of sp³-hybridized carbons (Fsp3) is 0.529. The minimum atomic E-state index is -1.10. The third-order valence-electron chi connectivity index (χ3n) is 4.08. The molecule has 0 radical (unpaired) electrons. The summed E-state index contributed by atoms with van der Waals surface area (Å²) in [7, 11) is 1.69. The quantitative estimate of drug-likeness (QED) is 0.540. The molecule has 2 rings (SSSR count). The van der Waals surface area contributed by atoms with E-state index in [1.165, 1.54) is 0 Å². The van der Waals surface area contributed by atoms with Crippen LogP contribution in [0, 0.1) is 0 Å². The molecule has 0 unspecified atom stereocenters. The van der Waals surface area contributed by atoms with Crippen LogP contribution in [0.3, 0.4) is 0 Å². The van der Waals surface area contributed by atoms with Crippen molar-refractivity contribution in [3.63, 3.8) is 0 Å². The third-order valence-corrected chi connectivity index (χ3v) is 4.08. The van der Waals surface area contributed by atoms with Gasteiger partial charge in [0.2, 0.25) is 5.91 Å². The van der Waals surface area contributed by atoms with Crippen LogP contribution in [0.15, 0.2) is 24.3 Å². The van der Waals surface area contributed by atoms with Crippen LogP contribution in [0.5, 0.6) is 5.75 Å². The zero-order valence-electron chi connectivity index (χ0n) is 14.0. The number of carbonyl (C=O) groups is 2. The summed E-state index contributed by atoms with van der Waals surface area (Å²) in [5.41, 5.74) is 1.13. The lowest BCUT2D eigenvalue weighted by molar-refractivity contribution is -0.140. The number of piperazine rings is 1. The number of anilines is 1. The molecular weight excluding hydrogens is 310 g/mol. The van der Waals surface area contributed by atoms with E-state index in [-0.39, 0.29) is 0 Å². The first-order chi connectivity index (χ1) is 11.6. The Morgan fingerprint density at radius 2 is 1.92 bits per heavy atom. The SMILES string of the molecule is COc1ccccc1N1CCN(CCCNC(=O)CC(=O)O)CC1. The lowest BCUT2D eigenvalue weighted by atomic mass is 10.2. The lowest BCUT2D eigenvalue weighted by Crippen LogP contribution is -2.47. The summed E-state index contributed by atoms with van der Waals surface area (Å²) in [4.78, 5) is 26.3. The molecule has 1 saturated heterocycles. The van der Waals surface area contributed by atoms with Crippen LogP contribution in [-0.2, 0) is 9.59 Å². The fourth-order valence-corrected chi connectivity index (χ4v) is 2.83. The molecule has 2 N–H and O–H groups in total. The molecule has 7 heteroatoms. The first-order valence-corrected chi connectivity index (χ1v) is 8.19. The van der Waals surface area contributed by atoms with Gasteiger partial charge < -0.3 is 20.1 Å². The average Bonchev–Trinajstić information content (AvgIpc) is 2.58. The highest BCUT2D eigenvalue weighted by Gasteiger charge is 2.19. The van der Waals surface area contributed by atoms with Gasteiger partial charge in [0.25, 0.3) is 0 Å². The van der Waals surface area contributed by atoms with E-state index in [1.807, 2.05) is 18.2 Å². The van der Waals surface area contributed by atoms with E-state index >= 15 is 0 Å². The molecule has 24 heavy (non-hydrogen) atoms. The summed E-state index contributed by atoms with van der Waals surface area (Å²) in [6.45, 7) is 5.20. The number of para-hydroxylation sites is 2. The Morgan fingerprint density at radius 1 is 1.21 bits per heavy atom. The van der Waals surface area contributed by atoms with Gasteiger partial charge in [-0.2, -0.15) is 0 Å². The molecule has 1 aromatic carbocycles. The number of benzene rings is 1. The van der Waals surface area contributed by atoms with Gasteiger partial charge in [-0.15, -0.1) is 0 Å². The van der Waals surface area contributed by atoms with Gasteiger partial charge in [-0.1, -0.05) is 12.1 Å². The van der Waals surface area contributed by atoms with Crippen molar-refractivity contribution in [1.29, 1.82) is 0 Å². The summed E-state index contributed by atoms with van der Waals surface area (Å²) in [6.07, 6.45) is 0.359. The molecule has 0 spiro atoms.